The molecular weight excluding hydrogens is 643 g/mol. The van der Waals surface area contributed by atoms with E-state index in [1.165, 1.54) is 5.56 Å². The van der Waals surface area contributed by atoms with Crippen LogP contribution in [0.2, 0.25) is 5.02 Å². The first-order valence-electron chi connectivity index (χ1n) is 14.8. The second-order valence-corrected chi connectivity index (χ2v) is 14.4. The SMILES string of the molecule is Cc1ccc(CCOc2nc(=O)[nH]c3c2ncn3[C@@H]2O[C@@H]3COP(=S)(Oc4ccccc4Cl)OC3C2OC2CCCCO2)cc1. The predicted molar refractivity (Wildman–Crippen MR) is 168 cm³/mol. The molecule has 45 heavy (non-hydrogen) atoms. The molecule has 15 heteroatoms. The molecule has 2 aromatic carbocycles. The maximum atomic E-state index is 12.7. The summed E-state index contributed by atoms with van der Waals surface area (Å²) in [6.45, 7) is -0.248. The van der Waals surface area contributed by atoms with E-state index < -0.39 is 43.2 Å². The molecule has 0 spiro atoms. The molecule has 238 valence electrons. The number of hydrogen-bond donors (Lipinski definition) is 1. The standard InChI is InChI=1S/C30H32ClN4O8PS/c1-18-9-11-19(12-10-18)13-15-38-28-24-27(33-30(36)34-28)35(17-32-24)29-26(41-23-8-4-5-14-37-23)25-22(40-29)16-39-44(45,43-25)42-21-7-3-2-6-20(21)31/h2-3,6-7,9-12,17,22-23,25-26,29H,4-5,8,13-16H2,1H3,(H,33,34,36)/t22-,23?,25?,26?,29-,44?/m1/s1. The molecule has 5 heterocycles. The predicted octanol–water partition coefficient (Wildman–Crippen LogP) is 5.23. The van der Waals surface area contributed by atoms with Crippen LogP contribution < -0.4 is 15.0 Å². The summed E-state index contributed by atoms with van der Waals surface area (Å²) in [6, 6.07) is 15.2. The van der Waals surface area contributed by atoms with Crippen molar-refractivity contribution < 1.29 is 32.5 Å². The van der Waals surface area contributed by atoms with Crippen LogP contribution in [0.1, 0.15) is 36.6 Å². The van der Waals surface area contributed by atoms with Crippen molar-refractivity contribution in [3.63, 3.8) is 0 Å². The fourth-order valence-corrected chi connectivity index (χ4v) is 7.98. The van der Waals surface area contributed by atoms with Gasteiger partial charge < -0.3 is 23.5 Å². The lowest BCUT2D eigenvalue weighted by Gasteiger charge is -2.36. The van der Waals surface area contributed by atoms with E-state index in [1.807, 2.05) is 31.2 Å². The third-order valence-electron chi connectivity index (χ3n) is 7.88. The van der Waals surface area contributed by atoms with Crippen molar-refractivity contribution in [2.75, 3.05) is 19.8 Å². The van der Waals surface area contributed by atoms with Crippen LogP contribution in [0.3, 0.4) is 0 Å². The zero-order valence-corrected chi connectivity index (χ0v) is 26.8. The number of nitrogens with zero attached hydrogens (tertiary/aromatic N) is 3. The van der Waals surface area contributed by atoms with Gasteiger partial charge >= 0.3 is 12.4 Å². The van der Waals surface area contributed by atoms with Gasteiger partial charge in [0, 0.05) is 24.8 Å². The van der Waals surface area contributed by atoms with Crippen molar-refractivity contribution in [1.82, 2.24) is 19.5 Å². The first-order chi connectivity index (χ1) is 21.8. The number of aryl methyl sites for hydroxylation is 1. The number of nitrogens with one attached hydrogen (secondary N) is 1. The summed E-state index contributed by atoms with van der Waals surface area (Å²) in [7, 11) is 0. The molecule has 0 amide bonds. The Morgan fingerprint density at radius 3 is 2.82 bits per heavy atom. The highest BCUT2D eigenvalue weighted by Gasteiger charge is 2.54. The first kappa shape index (κ1) is 30.8. The van der Waals surface area contributed by atoms with Crippen molar-refractivity contribution >= 4 is 41.3 Å². The number of ether oxygens (including phenoxy) is 4. The van der Waals surface area contributed by atoms with Gasteiger partial charge in [0.25, 0.3) is 0 Å². The molecule has 0 aliphatic carbocycles. The van der Waals surface area contributed by atoms with Gasteiger partial charge in [0.2, 0.25) is 5.88 Å². The lowest BCUT2D eigenvalue weighted by molar-refractivity contribution is -0.213. The molecule has 7 rings (SSSR count). The molecule has 0 bridgehead atoms. The minimum absolute atomic E-state index is 0.104. The van der Waals surface area contributed by atoms with Crippen LogP contribution in [0, 0.1) is 6.92 Å². The van der Waals surface area contributed by atoms with Crippen LogP contribution in [-0.4, -0.2) is 63.9 Å². The van der Waals surface area contributed by atoms with Gasteiger partial charge in [0.15, 0.2) is 18.0 Å². The highest BCUT2D eigenvalue weighted by Crippen LogP contribution is 2.58. The molecule has 0 radical (unpaired) electrons. The van der Waals surface area contributed by atoms with Crippen molar-refractivity contribution in [1.29, 1.82) is 0 Å². The van der Waals surface area contributed by atoms with E-state index in [1.54, 1.807) is 35.2 Å². The molecule has 4 unspecified atom stereocenters. The van der Waals surface area contributed by atoms with E-state index in [-0.39, 0.29) is 12.5 Å². The molecule has 1 N–H and O–H groups in total. The van der Waals surface area contributed by atoms with Gasteiger partial charge in [0.1, 0.15) is 29.7 Å². The highest BCUT2D eigenvalue weighted by atomic mass is 35.5. The Kier molecular flexibility index (Phi) is 8.95. The number of para-hydroxylation sites is 1. The quantitative estimate of drug-likeness (QED) is 0.234. The van der Waals surface area contributed by atoms with Crippen LogP contribution >= 0.6 is 18.3 Å². The second kappa shape index (κ2) is 13.1. The second-order valence-electron chi connectivity index (χ2n) is 11.1. The topological polar surface area (TPSA) is 128 Å². The number of imidazole rings is 1. The summed E-state index contributed by atoms with van der Waals surface area (Å²) >= 11 is 12.1. The average molecular weight is 675 g/mol. The molecule has 0 saturated carbocycles. The Morgan fingerprint density at radius 2 is 2.02 bits per heavy atom. The summed E-state index contributed by atoms with van der Waals surface area (Å²) in [5, 5.41) is 0.388. The van der Waals surface area contributed by atoms with E-state index in [9.17, 15) is 4.79 Å². The summed E-state index contributed by atoms with van der Waals surface area (Å²) in [6.07, 6.45) is 1.66. The van der Waals surface area contributed by atoms with Crippen LogP contribution in [0.5, 0.6) is 11.6 Å². The summed E-state index contributed by atoms with van der Waals surface area (Å²) in [5.41, 5.74) is 2.46. The highest BCUT2D eigenvalue weighted by molar-refractivity contribution is 8.07. The van der Waals surface area contributed by atoms with E-state index in [0.29, 0.717) is 48.0 Å². The molecule has 3 fully saturated rings. The van der Waals surface area contributed by atoms with Gasteiger partial charge in [-0.1, -0.05) is 53.6 Å². The molecular formula is C30H32ClN4O8PS. The molecule has 3 aliphatic heterocycles. The van der Waals surface area contributed by atoms with Crippen molar-refractivity contribution in [3.05, 3.63) is 81.5 Å². The van der Waals surface area contributed by atoms with Crippen LogP contribution in [0.15, 0.2) is 59.7 Å². The summed E-state index contributed by atoms with van der Waals surface area (Å²) < 4.78 is 44.9. The van der Waals surface area contributed by atoms with Crippen LogP contribution in [-0.2, 0) is 41.5 Å². The third kappa shape index (κ3) is 6.68. The molecule has 12 nitrogen and oxygen atoms in total. The largest absolute Gasteiger partial charge is 0.476 e. The lowest BCUT2D eigenvalue weighted by atomic mass is 10.1. The van der Waals surface area contributed by atoms with E-state index in [2.05, 4.69) is 15.0 Å². The van der Waals surface area contributed by atoms with Gasteiger partial charge in [-0.15, -0.1) is 0 Å². The maximum Gasteiger partial charge on any atom is 0.381 e. The van der Waals surface area contributed by atoms with Gasteiger partial charge in [-0.3, -0.25) is 18.6 Å². The average Bonchev–Trinajstić information content (AvgIpc) is 3.60. The summed E-state index contributed by atoms with van der Waals surface area (Å²) in [4.78, 5) is 24.1. The number of aromatic amines is 1. The molecule has 4 aromatic rings. The minimum Gasteiger partial charge on any atom is -0.476 e. The van der Waals surface area contributed by atoms with Crippen molar-refractivity contribution in [2.24, 2.45) is 0 Å². The van der Waals surface area contributed by atoms with E-state index in [4.69, 9.17) is 55.9 Å². The minimum atomic E-state index is -3.30. The van der Waals surface area contributed by atoms with Crippen LogP contribution in [0.4, 0.5) is 0 Å². The first-order valence-corrected chi connectivity index (χ1v) is 17.7. The normalized spacial score (nSPS) is 28.2. The zero-order valence-electron chi connectivity index (χ0n) is 24.4. The van der Waals surface area contributed by atoms with Gasteiger partial charge in [-0.2, -0.15) is 4.98 Å². The number of benzene rings is 2. The Morgan fingerprint density at radius 1 is 1.18 bits per heavy atom. The molecule has 3 saturated heterocycles. The number of halogens is 1. The fourth-order valence-electron chi connectivity index (χ4n) is 5.59. The molecule has 6 atom stereocenters. The number of hydrogen-bond acceptors (Lipinski definition) is 11. The number of aromatic nitrogens is 4. The monoisotopic (exact) mass is 674 g/mol. The fraction of sp³-hybridized carbons (Fsp3) is 0.433. The number of fused-ring (bicyclic) bond motifs is 2. The molecule has 2 aromatic heterocycles. The van der Waals surface area contributed by atoms with Gasteiger partial charge in [0.05, 0.1) is 24.6 Å². The number of H-pyrrole nitrogens is 1. The van der Waals surface area contributed by atoms with Gasteiger partial charge in [-0.05, 0) is 43.9 Å². The lowest BCUT2D eigenvalue weighted by Crippen LogP contribution is -2.43. The smallest absolute Gasteiger partial charge is 0.381 e. The van der Waals surface area contributed by atoms with E-state index >= 15 is 0 Å². The van der Waals surface area contributed by atoms with Gasteiger partial charge in [-0.25, -0.2) is 9.78 Å². The number of rotatable bonds is 9. The maximum absolute atomic E-state index is 12.7. The zero-order chi connectivity index (χ0) is 31.0. The Labute approximate surface area is 269 Å². The van der Waals surface area contributed by atoms with E-state index in [0.717, 1.165) is 18.4 Å². The summed E-state index contributed by atoms with van der Waals surface area (Å²) in [5.74, 6) is 0.497. The Bertz CT molecular complexity index is 1760. The van der Waals surface area contributed by atoms with Crippen molar-refractivity contribution in [2.45, 2.75) is 63.4 Å². The Hall–Kier alpha value is -2.87. The van der Waals surface area contributed by atoms with Crippen LogP contribution in [0.25, 0.3) is 11.2 Å². The molecule has 3 aliphatic rings. The van der Waals surface area contributed by atoms with Crippen molar-refractivity contribution in [3.8, 4) is 11.6 Å². The third-order valence-corrected chi connectivity index (χ3v) is 10.4. The Balaban J connectivity index is 1.16.